The first-order valence-electron chi connectivity index (χ1n) is 4.89. The molecule has 1 N–H and O–H groups in total. The number of nitrogens with one attached hydrogen (secondary N) is 1. The van der Waals surface area contributed by atoms with E-state index in [1.165, 1.54) is 10.6 Å². The van der Waals surface area contributed by atoms with Gasteiger partial charge in [0, 0.05) is 46.8 Å². The molecular formula is C11H12BrClN2S. The van der Waals surface area contributed by atoms with Crippen molar-refractivity contribution in [2.45, 2.75) is 13.1 Å². The van der Waals surface area contributed by atoms with E-state index in [2.05, 4.69) is 32.7 Å². The van der Waals surface area contributed by atoms with Gasteiger partial charge in [-0.1, -0.05) is 11.6 Å². The van der Waals surface area contributed by atoms with E-state index < -0.39 is 0 Å². The summed E-state index contributed by atoms with van der Waals surface area (Å²) in [6.07, 6.45) is 1.92. The van der Waals surface area contributed by atoms with E-state index in [0.29, 0.717) is 0 Å². The number of aryl methyl sites for hydroxylation is 1. The molecule has 2 rings (SSSR count). The molecule has 0 atom stereocenters. The highest BCUT2D eigenvalue weighted by Gasteiger charge is 2.01. The minimum absolute atomic E-state index is 0.790. The lowest BCUT2D eigenvalue weighted by molar-refractivity contribution is 0.660. The van der Waals surface area contributed by atoms with Gasteiger partial charge in [0.2, 0.25) is 0 Å². The zero-order valence-corrected chi connectivity index (χ0v) is 12.0. The van der Waals surface area contributed by atoms with Gasteiger partial charge in [0.05, 0.1) is 5.02 Å². The molecule has 0 aliphatic carbocycles. The van der Waals surface area contributed by atoms with Crippen LogP contribution in [0.5, 0.6) is 0 Å². The molecule has 2 aromatic heterocycles. The molecule has 0 aliphatic rings. The Morgan fingerprint density at radius 2 is 2.25 bits per heavy atom. The second-order valence-corrected chi connectivity index (χ2v) is 5.94. The van der Waals surface area contributed by atoms with Gasteiger partial charge in [0.15, 0.2) is 0 Å². The number of halogens is 2. The van der Waals surface area contributed by atoms with Crippen LogP contribution in [-0.4, -0.2) is 4.57 Å². The van der Waals surface area contributed by atoms with Crippen LogP contribution in [0, 0.1) is 0 Å². The van der Waals surface area contributed by atoms with Gasteiger partial charge in [0.25, 0.3) is 0 Å². The largest absolute Gasteiger partial charge is 0.352 e. The Bertz CT molecular complexity index is 478. The van der Waals surface area contributed by atoms with Gasteiger partial charge in [-0.05, 0) is 28.1 Å². The molecule has 0 amide bonds. The van der Waals surface area contributed by atoms with Crippen molar-refractivity contribution in [3.8, 4) is 0 Å². The van der Waals surface area contributed by atoms with Gasteiger partial charge < -0.3 is 9.88 Å². The van der Waals surface area contributed by atoms with Crippen molar-refractivity contribution in [1.29, 1.82) is 0 Å². The average Bonchev–Trinajstić information content (AvgIpc) is 2.74. The quantitative estimate of drug-likeness (QED) is 0.907. The molecule has 0 bridgehead atoms. The van der Waals surface area contributed by atoms with Crippen LogP contribution in [-0.2, 0) is 20.1 Å². The van der Waals surface area contributed by atoms with Crippen molar-refractivity contribution >= 4 is 38.9 Å². The smallest absolute Gasteiger partial charge is 0.0585 e. The second kappa shape index (κ2) is 5.36. The standard InChI is InChI=1S/C11H12BrClN2S/c1-15-6-9(13)3-10(15)4-14-5-11-2-8(12)7-16-11/h2-3,6-7,14H,4-5H2,1H3. The highest BCUT2D eigenvalue weighted by molar-refractivity contribution is 9.10. The molecule has 0 aliphatic heterocycles. The Labute approximate surface area is 112 Å². The van der Waals surface area contributed by atoms with E-state index in [0.717, 1.165) is 22.6 Å². The Balaban J connectivity index is 1.86. The van der Waals surface area contributed by atoms with E-state index in [1.807, 2.05) is 23.9 Å². The van der Waals surface area contributed by atoms with E-state index in [9.17, 15) is 0 Å². The minimum atomic E-state index is 0.790. The summed E-state index contributed by atoms with van der Waals surface area (Å²) in [5.74, 6) is 0. The predicted molar refractivity (Wildman–Crippen MR) is 73.0 cm³/mol. The molecular weight excluding hydrogens is 308 g/mol. The third-order valence-corrected chi connectivity index (χ3v) is 4.21. The number of nitrogens with zero attached hydrogens (tertiary/aromatic N) is 1. The zero-order valence-electron chi connectivity index (χ0n) is 8.84. The summed E-state index contributed by atoms with van der Waals surface area (Å²) >= 11 is 11.1. The molecule has 0 radical (unpaired) electrons. The van der Waals surface area contributed by atoms with Crippen LogP contribution in [0.4, 0.5) is 0 Å². The van der Waals surface area contributed by atoms with Crippen LogP contribution < -0.4 is 5.32 Å². The molecule has 0 saturated carbocycles. The maximum atomic E-state index is 5.91. The van der Waals surface area contributed by atoms with E-state index >= 15 is 0 Å². The van der Waals surface area contributed by atoms with Gasteiger partial charge in [-0.3, -0.25) is 0 Å². The maximum Gasteiger partial charge on any atom is 0.0585 e. The topological polar surface area (TPSA) is 17.0 Å². The van der Waals surface area contributed by atoms with Crippen molar-refractivity contribution in [1.82, 2.24) is 9.88 Å². The average molecular weight is 320 g/mol. The van der Waals surface area contributed by atoms with Crippen LogP contribution in [0.3, 0.4) is 0 Å². The second-order valence-electron chi connectivity index (χ2n) is 3.60. The summed E-state index contributed by atoms with van der Waals surface area (Å²) in [4.78, 5) is 1.33. The van der Waals surface area contributed by atoms with Crippen molar-refractivity contribution in [2.75, 3.05) is 0 Å². The van der Waals surface area contributed by atoms with Crippen LogP contribution in [0.15, 0.2) is 28.2 Å². The van der Waals surface area contributed by atoms with Crippen LogP contribution in [0.1, 0.15) is 10.6 Å². The summed E-state index contributed by atoms with van der Waals surface area (Å²) in [5, 5.41) is 6.28. The fourth-order valence-electron chi connectivity index (χ4n) is 1.50. The lowest BCUT2D eigenvalue weighted by Crippen LogP contribution is -2.13. The summed E-state index contributed by atoms with van der Waals surface area (Å²) < 4.78 is 3.19. The molecule has 0 aromatic carbocycles. The molecule has 0 fully saturated rings. The van der Waals surface area contributed by atoms with Gasteiger partial charge >= 0.3 is 0 Å². The first-order valence-corrected chi connectivity index (χ1v) is 6.94. The lowest BCUT2D eigenvalue weighted by Gasteiger charge is -2.04. The van der Waals surface area contributed by atoms with Crippen molar-refractivity contribution in [3.63, 3.8) is 0 Å². The zero-order chi connectivity index (χ0) is 11.5. The van der Waals surface area contributed by atoms with Gasteiger partial charge in [0.1, 0.15) is 0 Å². The van der Waals surface area contributed by atoms with Gasteiger partial charge in [-0.15, -0.1) is 11.3 Å². The summed E-state index contributed by atoms with van der Waals surface area (Å²) in [6, 6.07) is 4.12. The van der Waals surface area contributed by atoms with Crippen LogP contribution in [0.2, 0.25) is 5.02 Å². The Morgan fingerprint density at radius 1 is 1.44 bits per heavy atom. The molecule has 0 spiro atoms. The summed E-state index contributed by atoms with van der Waals surface area (Å²) in [6.45, 7) is 1.72. The monoisotopic (exact) mass is 318 g/mol. The fourth-order valence-corrected chi connectivity index (χ4v) is 3.20. The number of rotatable bonds is 4. The molecule has 5 heteroatoms. The van der Waals surface area contributed by atoms with Gasteiger partial charge in [-0.2, -0.15) is 0 Å². The van der Waals surface area contributed by atoms with E-state index in [1.54, 1.807) is 11.3 Å². The fraction of sp³-hybridized carbons (Fsp3) is 0.273. The summed E-state index contributed by atoms with van der Waals surface area (Å²) in [7, 11) is 2.00. The Kier molecular flexibility index (Phi) is 4.08. The third kappa shape index (κ3) is 3.10. The Hall–Kier alpha value is -0.290. The van der Waals surface area contributed by atoms with Gasteiger partial charge in [-0.25, -0.2) is 0 Å². The van der Waals surface area contributed by atoms with E-state index in [4.69, 9.17) is 11.6 Å². The maximum absolute atomic E-state index is 5.91. The highest BCUT2D eigenvalue weighted by Crippen LogP contribution is 2.19. The molecule has 0 saturated heterocycles. The first kappa shape index (κ1) is 12.2. The molecule has 86 valence electrons. The minimum Gasteiger partial charge on any atom is -0.352 e. The molecule has 16 heavy (non-hydrogen) atoms. The number of thiophene rings is 1. The molecule has 0 unspecified atom stereocenters. The van der Waals surface area contributed by atoms with Crippen LogP contribution in [0.25, 0.3) is 0 Å². The first-order chi connectivity index (χ1) is 7.65. The van der Waals surface area contributed by atoms with Crippen molar-refractivity contribution in [2.24, 2.45) is 7.05 Å². The van der Waals surface area contributed by atoms with Crippen molar-refractivity contribution < 1.29 is 0 Å². The molecule has 2 aromatic rings. The number of hydrogen-bond acceptors (Lipinski definition) is 2. The number of aromatic nitrogens is 1. The van der Waals surface area contributed by atoms with Crippen LogP contribution >= 0.6 is 38.9 Å². The highest BCUT2D eigenvalue weighted by atomic mass is 79.9. The lowest BCUT2D eigenvalue weighted by atomic mass is 10.4. The summed E-state index contributed by atoms with van der Waals surface area (Å²) in [5.41, 5.74) is 1.20. The number of hydrogen-bond donors (Lipinski definition) is 1. The SMILES string of the molecule is Cn1cc(Cl)cc1CNCc1cc(Br)cs1. The normalized spacial score (nSPS) is 10.9. The van der Waals surface area contributed by atoms with Crippen molar-refractivity contribution in [3.05, 3.63) is 43.8 Å². The Morgan fingerprint density at radius 3 is 2.81 bits per heavy atom. The van der Waals surface area contributed by atoms with E-state index in [-0.39, 0.29) is 0 Å². The third-order valence-electron chi connectivity index (χ3n) is 2.30. The molecule has 2 nitrogen and oxygen atoms in total. The predicted octanol–water partition coefficient (Wildman–Crippen LogP) is 3.79. The molecule has 2 heterocycles.